The Morgan fingerprint density at radius 2 is 1.73 bits per heavy atom. The first kappa shape index (κ1) is 19.2. The van der Waals surface area contributed by atoms with E-state index in [-0.39, 0.29) is 22.6 Å². The van der Waals surface area contributed by atoms with Crippen LogP contribution in [0.3, 0.4) is 0 Å². The number of hydrogen-bond donors (Lipinski definition) is 2. The van der Waals surface area contributed by atoms with E-state index in [1.54, 1.807) is 5.32 Å². The number of benzene rings is 2. The first-order valence-corrected chi connectivity index (χ1v) is 7.30. The van der Waals surface area contributed by atoms with Crippen LogP contribution in [0.25, 0.3) is 0 Å². The molecule has 0 aliphatic rings. The summed E-state index contributed by atoms with van der Waals surface area (Å²) in [4.78, 5) is 24.2. The maximum atomic E-state index is 14.0. The second kappa shape index (κ2) is 7.85. The fourth-order valence-corrected chi connectivity index (χ4v) is 2.06. The standard InChI is InChI=1S/C17H14F4N2O3/c1-26-10-6-7-11(13(18)8-10)16(25)23-14-5-3-2-4-12(14)15(24)22-9-17(19,20)21/h2-8H,9H2,1H3,(H,22,24)(H,23,25). The van der Waals surface area contributed by atoms with Crippen molar-refractivity contribution in [2.24, 2.45) is 0 Å². The normalized spacial score (nSPS) is 11.0. The van der Waals surface area contributed by atoms with Crippen LogP contribution in [0.5, 0.6) is 5.75 Å². The molecule has 0 saturated heterocycles. The van der Waals surface area contributed by atoms with E-state index in [1.165, 1.54) is 43.5 Å². The van der Waals surface area contributed by atoms with Gasteiger partial charge in [0.15, 0.2) is 0 Å². The van der Waals surface area contributed by atoms with Crippen molar-refractivity contribution in [3.8, 4) is 5.75 Å². The molecule has 0 fully saturated rings. The van der Waals surface area contributed by atoms with Crippen LogP contribution >= 0.6 is 0 Å². The lowest BCUT2D eigenvalue weighted by Gasteiger charge is -2.13. The number of nitrogens with one attached hydrogen (secondary N) is 2. The molecule has 26 heavy (non-hydrogen) atoms. The highest BCUT2D eigenvalue weighted by molar-refractivity contribution is 6.09. The number of amides is 2. The molecule has 2 N–H and O–H groups in total. The van der Waals surface area contributed by atoms with Crippen molar-refractivity contribution in [3.63, 3.8) is 0 Å². The summed E-state index contributed by atoms with van der Waals surface area (Å²) in [6.07, 6.45) is -4.57. The molecular weight excluding hydrogens is 356 g/mol. The van der Waals surface area contributed by atoms with Gasteiger partial charge in [0, 0.05) is 6.07 Å². The van der Waals surface area contributed by atoms with Crippen molar-refractivity contribution in [2.45, 2.75) is 6.18 Å². The maximum absolute atomic E-state index is 14.0. The Morgan fingerprint density at radius 3 is 2.35 bits per heavy atom. The van der Waals surface area contributed by atoms with Crippen molar-refractivity contribution in [2.75, 3.05) is 19.0 Å². The molecule has 0 aliphatic carbocycles. The van der Waals surface area contributed by atoms with Gasteiger partial charge in [0.2, 0.25) is 0 Å². The van der Waals surface area contributed by atoms with Gasteiger partial charge >= 0.3 is 6.18 Å². The summed E-state index contributed by atoms with van der Waals surface area (Å²) in [5, 5.41) is 4.03. The summed E-state index contributed by atoms with van der Waals surface area (Å²) in [5.41, 5.74) is -0.539. The Labute approximate surface area is 146 Å². The van der Waals surface area contributed by atoms with Crippen molar-refractivity contribution >= 4 is 17.5 Å². The average molecular weight is 370 g/mol. The lowest BCUT2D eigenvalue weighted by Crippen LogP contribution is -2.34. The molecule has 2 rings (SSSR count). The molecule has 0 spiro atoms. The molecule has 0 heterocycles. The van der Waals surface area contributed by atoms with Gasteiger partial charge < -0.3 is 15.4 Å². The van der Waals surface area contributed by atoms with Crippen LogP contribution in [0, 0.1) is 5.82 Å². The van der Waals surface area contributed by atoms with Gasteiger partial charge in [0.1, 0.15) is 18.1 Å². The fourth-order valence-electron chi connectivity index (χ4n) is 2.06. The summed E-state index contributed by atoms with van der Waals surface area (Å²) in [7, 11) is 1.34. The number of carbonyl (C=O) groups excluding carboxylic acids is 2. The van der Waals surface area contributed by atoms with Gasteiger partial charge in [-0.2, -0.15) is 13.2 Å². The van der Waals surface area contributed by atoms with E-state index in [0.29, 0.717) is 0 Å². The zero-order valence-electron chi connectivity index (χ0n) is 13.5. The number of para-hydroxylation sites is 1. The van der Waals surface area contributed by atoms with Gasteiger partial charge in [-0.1, -0.05) is 12.1 Å². The molecule has 0 aliphatic heterocycles. The van der Waals surface area contributed by atoms with Gasteiger partial charge in [-0.05, 0) is 24.3 Å². The molecule has 0 unspecified atom stereocenters. The van der Waals surface area contributed by atoms with Gasteiger partial charge in [-0.3, -0.25) is 9.59 Å². The molecule has 0 radical (unpaired) electrons. The smallest absolute Gasteiger partial charge is 0.405 e. The molecule has 0 aromatic heterocycles. The molecule has 2 aromatic rings. The fraction of sp³-hybridized carbons (Fsp3) is 0.176. The maximum Gasteiger partial charge on any atom is 0.405 e. The van der Waals surface area contributed by atoms with E-state index >= 15 is 0 Å². The lowest BCUT2D eigenvalue weighted by atomic mass is 10.1. The second-order valence-corrected chi connectivity index (χ2v) is 5.14. The topological polar surface area (TPSA) is 67.4 Å². The zero-order valence-corrected chi connectivity index (χ0v) is 13.5. The summed E-state index contributed by atoms with van der Waals surface area (Å²) in [5.74, 6) is -2.51. The summed E-state index contributed by atoms with van der Waals surface area (Å²) in [6.45, 7) is -1.51. The zero-order chi connectivity index (χ0) is 19.3. The van der Waals surface area contributed by atoms with Crippen LogP contribution in [-0.2, 0) is 0 Å². The van der Waals surface area contributed by atoms with E-state index in [4.69, 9.17) is 4.74 Å². The molecular formula is C17H14F4N2O3. The number of halogens is 4. The first-order valence-electron chi connectivity index (χ1n) is 7.30. The quantitative estimate of drug-likeness (QED) is 0.793. The second-order valence-electron chi connectivity index (χ2n) is 5.14. The van der Waals surface area contributed by atoms with Gasteiger partial charge in [-0.25, -0.2) is 4.39 Å². The third kappa shape index (κ3) is 4.95. The van der Waals surface area contributed by atoms with E-state index in [0.717, 1.165) is 6.07 Å². The number of methoxy groups -OCH3 is 1. The summed E-state index contributed by atoms with van der Waals surface area (Å²) < 4.78 is 55.5. The van der Waals surface area contributed by atoms with Crippen LogP contribution in [0.1, 0.15) is 20.7 Å². The Balaban J connectivity index is 2.19. The van der Waals surface area contributed by atoms with Gasteiger partial charge in [0.25, 0.3) is 11.8 Å². The number of ether oxygens (including phenoxy) is 1. The van der Waals surface area contributed by atoms with Crippen molar-refractivity contribution in [1.82, 2.24) is 5.32 Å². The van der Waals surface area contributed by atoms with E-state index < -0.39 is 30.4 Å². The molecule has 0 saturated carbocycles. The average Bonchev–Trinajstić information content (AvgIpc) is 2.59. The number of alkyl halides is 3. The largest absolute Gasteiger partial charge is 0.497 e. The van der Waals surface area contributed by atoms with Crippen molar-refractivity contribution in [1.29, 1.82) is 0 Å². The molecule has 5 nitrogen and oxygen atoms in total. The third-order valence-electron chi connectivity index (χ3n) is 3.29. The SMILES string of the molecule is COc1ccc(C(=O)Nc2ccccc2C(=O)NCC(F)(F)F)c(F)c1. The first-order chi connectivity index (χ1) is 12.2. The molecule has 0 atom stereocenters. The predicted molar refractivity (Wildman–Crippen MR) is 85.7 cm³/mol. The number of rotatable bonds is 5. The molecule has 138 valence electrons. The minimum absolute atomic E-state index is 0.0487. The Morgan fingerprint density at radius 1 is 1.04 bits per heavy atom. The van der Waals surface area contributed by atoms with Crippen LogP contribution in [0.2, 0.25) is 0 Å². The number of carbonyl (C=O) groups is 2. The van der Waals surface area contributed by atoms with E-state index in [2.05, 4.69) is 5.32 Å². The molecule has 9 heteroatoms. The van der Waals surface area contributed by atoms with Crippen LogP contribution in [-0.4, -0.2) is 31.6 Å². The highest BCUT2D eigenvalue weighted by atomic mass is 19.4. The van der Waals surface area contributed by atoms with E-state index in [9.17, 15) is 27.2 Å². The monoisotopic (exact) mass is 370 g/mol. The van der Waals surface area contributed by atoms with Crippen molar-refractivity contribution < 1.29 is 31.9 Å². The molecule has 2 aromatic carbocycles. The molecule has 0 bridgehead atoms. The highest BCUT2D eigenvalue weighted by Crippen LogP contribution is 2.20. The summed E-state index contributed by atoms with van der Waals surface area (Å²) in [6, 6.07) is 9.03. The summed E-state index contributed by atoms with van der Waals surface area (Å²) >= 11 is 0. The predicted octanol–water partition coefficient (Wildman–Crippen LogP) is 3.38. The van der Waals surface area contributed by atoms with Crippen LogP contribution in [0.4, 0.5) is 23.2 Å². The number of hydrogen-bond acceptors (Lipinski definition) is 3. The minimum Gasteiger partial charge on any atom is -0.497 e. The third-order valence-corrected chi connectivity index (χ3v) is 3.29. The van der Waals surface area contributed by atoms with Crippen LogP contribution in [0.15, 0.2) is 42.5 Å². The Bertz CT molecular complexity index is 822. The Kier molecular flexibility index (Phi) is 5.81. The lowest BCUT2D eigenvalue weighted by molar-refractivity contribution is -0.123. The minimum atomic E-state index is -4.57. The van der Waals surface area contributed by atoms with E-state index in [1.807, 2.05) is 0 Å². The number of anilines is 1. The van der Waals surface area contributed by atoms with Gasteiger partial charge in [0.05, 0.1) is 23.9 Å². The highest BCUT2D eigenvalue weighted by Gasteiger charge is 2.28. The molecule has 2 amide bonds. The van der Waals surface area contributed by atoms with Crippen molar-refractivity contribution in [3.05, 3.63) is 59.4 Å². The van der Waals surface area contributed by atoms with Crippen LogP contribution < -0.4 is 15.4 Å². The van der Waals surface area contributed by atoms with Gasteiger partial charge in [-0.15, -0.1) is 0 Å². The Hall–Kier alpha value is -3.10.